The maximum atomic E-state index is 12.3. The Kier molecular flexibility index (Phi) is 6.84. The van der Waals surface area contributed by atoms with Crippen molar-refractivity contribution in [1.82, 2.24) is 15.5 Å². The van der Waals surface area contributed by atoms with Crippen LogP contribution in [-0.4, -0.2) is 69.3 Å². The molecule has 0 spiro atoms. The van der Waals surface area contributed by atoms with Crippen LogP contribution in [-0.2, 0) is 4.79 Å². The lowest BCUT2D eigenvalue weighted by Gasteiger charge is -2.21. The first-order valence-electron chi connectivity index (χ1n) is 8.36. The zero-order chi connectivity index (χ0) is 19.2. The van der Waals surface area contributed by atoms with Crippen LogP contribution in [0, 0.1) is 0 Å². The number of benzene rings is 1. The number of likely N-dealkylation sites (N-methyl/N-ethyl adjacent to an activating group) is 1. The fraction of sp³-hybridized carbons (Fsp3) is 0.529. The summed E-state index contributed by atoms with van der Waals surface area (Å²) in [6.45, 7) is 0.0939. The third-order valence-electron chi connectivity index (χ3n) is 3.99. The first-order valence-corrected chi connectivity index (χ1v) is 8.36. The van der Waals surface area contributed by atoms with Crippen LogP contribution in [0.4, 0.5) is 18.9 Å². The lowest BCUT2D eigenvalue weighted by atomic mass is 10.2. The van der Waals surface area contributed by atoms with E-state index in [4.69, 9.17) is 0 Å². The Bertz CT molecular complexity index is 621. The van der Waals surface area contributed by atoms with Crippen LogP contribution in [0.25, 0.3) is 0 Å². The summed E-state index contributed by atoms with van der Waals surface area (Å²) in [6.07, 6.45) is -3.87. The molecule has 144 valence electrons. The summed E-state index contributed by atoms with van der Waals surface area (Å²) in [6, 6.07) is 9.29. The number of aliphatic imine (C=N–C) groups is 1. The molecule has 1 saturated heterocycles. The molecular weight excluding hydrogens is 347 g/mol. The molecule has 0 saturated carbocycles. The maximum absolute atomic E-state index is 12.3. The number of alkyl halides is 3. The van der Waals surface area contributed by atoms with Crippen LogP contribution < -0.4 is 15.5 Å². The summed E-state index contributed by atoms with van der Waals surface area (Å²) in [4.78, 5) is 19.2. The largest absolute Gasteiger partial charge is 0.401 e. The Morgan fingerprint density at radius 1 is 1.35 bits per heavy atom. The van der Waals surface area contributed by atoms with Gasteiger partial charge in [-0.1, -0.05) is 18.2 Å². The number of amides is 1. The molecule has 9 heteroatoms. The zero-order valence-corrected chi connectivity index (χ0v) is 14.9. The van der Waals surface area contributed by atoms with Crippen molar-refractivity contribution in [3.8, 4) is 0 Å². The second-order valence-electron chi connectivity index (χ2n) is 6.24. The molecule has 1 amide bonds. The minimum Gasteiger partial charge on any atom is -0.355 e. The van der Waals surface area contributed by atoms with Gasteiger partial charge < -0.3 is 15.5 Å². The predicted octanol–water partition coefficient (Wildman–Crippen LogP) is 1.45. The van der Waals surface area contributed by atoms with Crippen LogP contribution in [0.1, 0.15) is 6.42 Å². The number of hydrogen-bond donors (Lipinski definition) is 2. The van der Waals surface area contributed by atoms with E-state index in [2.05, 4.69) is 15.6 Å². The topological polar surface area (TPSA) is 60.0 Å². The van der Waals surface area contributed by atoms with E-state index in [9.17, 15) is 18.0 Å². The van der Waals surface area contributed by atoms with Crippen LogP contribution in [0.2, 0.25) is 0 Å². The van der Waals surface area contributed by atoms with Crippen molar-refractivity contribution in [3.05, 3.63) is 30.3 Å². The summed E-state index contributed by atoms with van der Waals surface area (Å²) in [5, 5.41) is 6.14. The first-order chi connectivity index (χ1) is 12.3. The van der Waals surface area contributed by atoms with Crippen molar-refractivity contribution in [1.29, 1.82) is 0 Å². The molecule has 1 aromatic rings. The lowest BCUT2D eigenvalue weighted by Crippen LogP contribution is -2.46. The normalized spacial score (nSPS) is 18.5. The van der Waals surface area contributed by atoms with Gasteiger partial charge in [-0.3, -0.25) is 14.7 Å². The molecule has 1 aliphatic heterocycles. The monoisotopic (exact) mass is 371 g/mol. The Labute approximate surface area is 151 Å². The van der Waals surface area contributed by atoms with E-state index in [0.29, 0.717) is 25.5 Å². The van der Waals surface area contributed by atoms with Gasteiger partial charge in [-0.15, -0.1) is 0 Å². The van der Waals surface area contributed by atoms with Gasteiger partial charge >= 0.3 is 6.18 Å². The van der Waals surface area contributed by atoms with Crippen molar-refractivity contribution in [2.75, 3.05) is 45.2 Å². The zero-order valence-electron chi connectivity index (χ0n) is 14.9. The van der Waals surface area contributed by atoms with E-state index in [1.54, 1.807) is 11.9 Å². The van der Waals surface area contributed by atoms with E-state index in [0.717, 1.165) is 5.69 Å². The second-order valence-corrected chi connectivity index (χ2v) is 6.24. The van der Waals surface area contributed by atoms with Gasteiger partial charge in [0.05, 0.1) is 12.6 Å². The molecule has 1 heterocycles. The van der Waals surface area contributed by atoms with Crippen LogP contribution in [0.15, 0.2) is 35.3 Å². The van der Waals surface area contributed by atoms with Crippen molar-refractivity contribution in [3.63, 3.8) is 0 Å². The first kappa shape index (κ1) is 20.0. The summed E-state index contributed by atoms with van der Waals surface area (Å²) in [5.74, 6) is 0.493. The SMILES string of the molecule is CN=C(NCCN(C)CC(F)(F)F)NC1CC(=O)N(c2ccccc2)C1. The quantitative estimate of drug-likeness (QED) is 0.587. The van der Waals surface area contributed by atoms with Gasteiger partial charge in [0.2, 0.25) is 5.91 Å². The van der Waals surface area contributed by atoms with E-state index in [1.807, 2.05) is 30.3 Å². The van der Waals surface area contributed by atoms with Crippen molar-refractivity contribution >= 4 is 17.6 Å². The Morgan fingerprint density at radius 2 is 2.04 bits per heavy atom. The Hall–Kier alpha value is -2.29. The molecule has 1 aromatic carbocycles. The standard InChI is InChI=1S/C17H24F3N5O/c1-21-16(22-8-9-24(2)12-17(18,19)20)23-13-10-15(26)25(11-13)14-6-4-3-5-7-14/h3-7,13H,8-12H2,1-2H3,(H2,21,22,23). The number of carbonyl (C=O) groups is 1. The van der Waals surface area contributed by atoms with Gasteiger partial charge in [0.15, 0.2) is 5.96 Å². The van der Waals surface area contributed by atoms with Gasteiger partial charge in [0, 0.05) is 38.8 Å². The highest BCUT2D eigenvalue weighted by Crippen LogP contribution is 2.21. The molecule has 0 bridgehead atoms. The van der Waals surface area contributed by atoms with E-state index >= 15 is 0 Å². The minimum absolute atomic E-state index is 0.0223. The van der Waals surface area contributed by atoms with Crippen molar-refractivity contribution in [2.45, 2.75) is 18.6 Å². The van der Waals surface area contributed by atoms with Gasteiger partial charge in [0.25, 0.3) is 0 Å². The fourth-order valence-electron chi connectivity index (χ4n) is 2.80. The third kappa shape index (κ3) is 6.21. The number of nitrogens with zero attached hydrogens (tertiary/aromatic N) is 3. The third-order valence-corrected chi connectivity index (χ3v) is 3.99. The molecule has 1 aliphatic rings. The van der Waals surface area contributed by atoms with Crippen LogP contribution >= 0.6 is 0 Å². The molecule has 1 unspecified atom stereocenters. The highest BCUT2D eigenvalue weighted by atomic mass is 19.4. The predicted molar refractivity (Wildman–Crippen MR) is 95.2 cm³/mol. The molecule has 0 aliphatic carbocycles. The van der Waals surface area contributed by atoms with Crippen LogP contribution in [0.3, 0.4) is 0 Å². The molecule has 6 nitrogen and oxygen atoms in total. The summed E-state index contributed by atoms with van der Waals surface area (Å²) < 4.78 is 36.9. The lowest BCUT2D eigenvalue weighted by molar-refractivity contribution is -0.142. The van der Waals surface area contributed by atoms with E-state index in [1.165, 1.54) is 11.9 Å². The Morgan fingerprint density at radius 3 is 2.65 bits per heavy atom. The van der Waals surface area contributed by atoms with Crippen molar-refractivity contribution in [2.24, 2.45) is 4.99 Å². The van der Waals surface area contributed by atoms with Gasteiger partial charge in [-0.25, -0.2) is 0 Å². The van der Waals surface area contributed by atoms with Crippen LogP contribution in [0.5, 0.6) is 0 Å². The molecule has 2 rings (SSSR count). The number of carbonyl (C=O) groups excluding carboxylic acids is 1. The number of rotatable bonds is 6. The molecular formula is C17H24F3N5O. The highest BCUT2D eigenvalue weighted by molar-refractivity contribution is 5.97. The van der Waals surface area contributed by atoms with E-state index < -0.39 is 12.7 Å². The number of hydrogen-bond acceptors (Lipinski definition) is 3. The molecule has 1 atom stereocenters. The summed E-state index contributed by atoms with van der Waals surface area (Å²) in [5.41, 5.74) is 0.846. The molecule has 2 N–H and O–H groups in total. The number of anilines is 1. The van der Waals surface area contributed by atoms with E-state index in [-0.39, 0.29) is 18.5 Å². The number of para-hydroxylation sites is 1. The molecule has 1 fully saturated rings. The molecule has 26 heavy (non-hydrogen) atoms. The number of halogens is 3. The van der Waals surface area contributed by atoms with Gasteiger partial charge in [-0.2, -0.15) is 13.2 Å². The Balaban J connectivity index is 1.79. The fourth-order valence-corrected chi connectivity index (χ4v) is 2.80. The van der Waals surface area contributed by atoms with Crippen molar-refractivity contribution < 1.29 is 18.0 Å². The number of guanidine groups is 1. The van der Waals surface area contributed by atoms with Gasteiger partial charge in [-0.05, 0) is 19.2 Å². The summed E-state index contributed by atoms with van der Waals surface area (Å²) >= 11 is 0. The molecule has 0 radical (unpaired) electrons. The maximum Gasteiger partial charge on any atom is 0.401 e. The minimum atomic E-state index is -4.21. The highest BCUT2D eigenvalue weighted by Gasteiger charge is 2.31. The smallest absolute Gasteiger partial charge is 0.355 e. The molecule has 0 aromatic heterocycles. The average molecular weight is 371 g/mol. The number of nitrogens with one attached hydrogen (secondary N) is 2. The van der Waals surface area contributed by atoms with Gasteiger partial charge in [0.1, 0.15) is 0 Å². The second kappa shape index (κ2) is 8.88. The summed E-state index contributed by atoms with van der Waals surface area (Å²) in [7, 11) is 3.00. The average Bonchev–Trinajstić information content (AvgIpc) is 2.93.